The summed E-state index contributed by atoms with van der Waals surface area (Å²) in [5, 5.41) is 2.94. The fourth-order valence-electron chi connectivity index (χ4n) is 3.21. The second-order valence-electron chi connectivity index (χ2n) is 6.34. The van der Waals surface area contributed by atoms with Crippen molar-refractivity contribution < 1.29 is 9.59 Å². The van der Waals surface area contributed by atoms with E-state index in [1.54, 1.807) is 4.90 Å². The highest BCUT2D eigenvalue weighted by Crippen LogP contribution is 2.37. The number of aliphatic imine (C=N–C) groups is 1. The van der Waals surface area contributed by atoms with E-state index < -0.39 is 0 Å². The summed E-state index contributed by atoms with van der Waals surface area (Å²) < 4.78 is 0. The van der Waals surface area contributed by atoms with Crippen molar-refractivity contribution in [3.8, 4) is 0 Å². The number of carbonyl (C=O) groups excluding carboxylic acids is 2. The lowest BCUT2D eigenvalue weighted by Crippen LogP contribution is -2.45. The van der Waals surface area contributed by atoms with Gasteiger partial charge >= 0.3 is 0 Å². The summed E-state index contributed by atoms with van der Waals surface area (Å²) >= 11 is 0. The van der Waals surface area contributed by atoms with Crippen LogP contribution in [0.15, 0.2) is 29.3 Å². The maximum atomic E-state index is 12.9. The number of hydrogen-bond donors (Lipinski definition) is 1. The Kier molecular flexibility index (Phi) is 4.46. The number of para-hydroxylation sites is 2. The molecule has 0 radical (unpaired) electrons. The van der Waals surface area contributed by atoms with Crippen molar-refractivity contribution in [2.75, 3.05) is 11.4 Å². The summed E-state index contributed by atoms with van der Waals surface area (Å²) in [6.45, 7) is 4.05. The molecule has 23 heavy (non-hydrogen) atoms. The van der Waals surface area contributed by atoms with Crippen molar-refractivity contribution in [3.63, 3.8) is 0 Å². The zero-order chi connectivity index (χ0) is 16.4. The summed E-state index contributed by atoms with van der Waals surface area (Å²) in [7, 11) is 0. The minimum Gasteiger partial charge on any atom is -0.352 e. The third kappa shape index (κ3) is 3.14. The highest BCUT2D eigenvalue weighted by molar-refractivity contribution is 6.16. The van der Waals surface area contributed by atoms with Crippen molar-refractivity contribution in [1.29, 1.82) is 0 Å². The predicted molar refractivity (Wildman–Crippen MR) is 91.1 cm³/mol. The summed E-state index contributed by atoms with van der Waals surface area (Å²) in [4.78, 5) is 31.6. The largest absolute Gasteiger partial charge is 0.352 e. The van der Waals surface area contributed by atoms with Crippen LogP contribution in [0, 0.1) is 5.92 Å². The third-order valence-corrected chi connectivity index (χ3v) is 4.65. The van der Waals surface area contributed by atoms with Gasteiger partial charge in [0.15, 0.2) is 0 Å². The summed E-state index contributed by atoms with van der Waals surface area (Å²) in [5.74, 6) is -0.284. The van der Waals surface area contributed by atoms with Crippen LogP contribution in [0.1, 0.15) is 39.5 Å². The first kappa shape index (κ1) is 15.7. The van der Waals surface area contributed by atoms with Crippen LogP contribution in [0.2, 0.25) is 0 Å². The predicted octanol–water partition coefficient (Wildman–Crippen LogP) is 2.82. The van der Waals surface area contributed by atoms with E-state index in [0.717, 1.165) is 42.8 Å². The van der Waals surface area contributed by atoms with Gasteiger partial charge in [0.1, 0.15) is 6.54 Å². The van der Waals surface area contributed by atoms with Gasteiger partial charge in [0.05, 0.1) is 17.3 Å². The molecular weight excluding hydrogens is 290 g/mol. The molecule has 1 aromatic rings. The molecule has 122 valence electrons. The number of nitrogens with zero attached hydrogens (tertiary/aromatic N) is 2. The summed E-state index contributed by atoms with van der Waals surface area (Å²) in [6.07, 6.45) is 3.56. The molecule has 1 saturated carbocycles. The van der Waals surface area contributed by atoms with Crippen LogP contribution in [0.4, 0.5) is 11.4 Å². The van der Waals surface area contributed by atoms with E-state index in [1.807, 2.05) is 38.1 Å². The van der Waals surface area contributed by atoms with E-state index >= 15 is 0 Å². The van der Waals surface area contributed by atoms with Gasteiger partial charge in [-0.1, -0.05) is 19.1 Å². The molecule has 2 aliphatic rings. The zero-order valence-corrected chi connectivity index (χ0v) is 13.7. The molecule has 2 amide bonds. The fourth-order valence-corrected chi connectivity index (χ4v) is 3.21. The number of carbonyl (C=O) groups is 2. The monoisotopic (exact) mass is 313 g/mol. The Balaban J connectivity index is 1.90. The lowest BCUT2D eigenvalue weighted by Gasteiger charge is -2.25. The first-order valence-electron chi connectivity index (χ1n) is 8.37. The molecule has 0 aromatic heterocycles. The van der Waals surface area contributed by atoms with E-state index in [2.05, 4.69) is 5.32 Å². The molecule has 5 nitrogen and oxygen atoms in total. The van der Waals surface area contributed by atoms with E-state index in [9.17, 15) is 9.59 Å². The molecule has 3 rings (SSSR count). The van der Waals surface area contributed by atoms with Gasteiger partial charge in [0.2, 0.25) is 11.8 Å². The molecule has 1 aromatic carbocycles. The lowest BCUT2D eigenvalue weighted by molar-refractivity contribution is -0.125. The van der Waals surface area contributed by atoms with Gasteiger partial charge in [-0.25, -0.2) is 0 Å². The minimum absolute atomic E-state index is 0.00509. The van der Waals surface area contributed by atoms with E-state index in [1.165, 1.54) is 0 Å². The highest BCUT2D eigenvalue weighted by atomic mass is 16.2. The molecule has 5 heteroatoms. The molecule has 1 N–H and O–H groups in total. The van der Waals surface area contributed by atoms with Crippen molar-refractivity contribution >= 4 is 28.9 Å². The Hall–Kier alpha value is -2.17. The lowest BCUT2D eigenvalue weighted by atomic mass is 10.1. The van der Waals surface area contributed by atoms with E-state index in [-0.39, 0.29) is 30.3 Å². The van der Waals surface area contributed by atoms with E-state index in [4.69, 9.17) is 4.99 Å². The van der Waals surface area contributed by atoms with Crippen LogP contribution < -0.4 is 10.2 Å². The highest BCUT2D eigenvalue weighted by Gasteiger charge is 2.37. The van der Waals surface area contributed by atoms with Gasteiger partial charge in [-0.15, -0.1) is 0 Å². The SMILES string of the molecule is CCC(C)NC(=O)CN1C(=O)C2CCCC2=Nc2ccccc21. The molecule has 1 heterocycles. The number of anilines is 1. The quantitative estimate of drug-likeness (QED) is 0.929. The fraction of sp³-hybridized carbons (Fsp3) is 0.500. The van der Waals surface area contributed by atoms with Crippen LogP contribution in [0.3, 0.4) is 0 Å². The molecule has 0 spiro atoms. The van der Waals surface area contributed by atoms with Crippen molar-refractivity contribution in [2.24, 2.45) is 10.9 Å². The maximum absolute atomic E-state index is 12.9. The summed E-state index contributed by atoms with van der Waals surface area (Å²) in [6, 6.07) is 7.69. The number of hydrogen-bond acceptors (Lipinski definition) is 3. The van der Waals surface area contributed by atoms with Gasteiger partial charge in [-0.2, -0.15) is 0 Å². The zero-order valence-electron chi connectivity index (χ0n) is 13.7. The normalized spacial score (nSPS) is 21.1. The van der Waals surface area contributed by atoms with Gasteiger partial charge in [0.25, 0.3) is 0 Å². The summed E-state index contributed by atoms with van der Waals surface area (Å²) in [5.41, 5.74) is 2.49. The first-order chi connectivity index (χ1) is 11.1. The molecule has 1 fully saturated rings. The van der Waals surface area contributed by atoms with Crippen LogP contribution in [-0.2, 0) is 9.59 Å². The molecule has 2 unspecified atom stereocenters. The van der Waals surface area contributed by atoms with E-state index in [0.29, 0.717) is 0 Å². The second-order valence-corrected chi connectivity index (χ2v) is 6.34. The first-order valence-corrected chi connectivity index (χ1v) is 8.37. The Bertz CT molecular complexity index is 653. The third-order valence-electron chi connectivity index (χ3n) is 4.65. The van der Waals surface area contributed by atoms with Crippen molar-refractivity contribution in [1.82, 2.24) is 5.32 Å². The molecule has 1 aliphatic heterocycles. The molecule has 0 bridgehead atoms. The average molecular weight is 313 g/mol. The van der Waals surface area contributed by atoms with Crippen LogP contribution in [-0.4, -0.2) is 30.1 Å². The topological polar surface area (TPSA) is 61.8 Å². The molecular formula is C18H23N3O2. The van der Waals surface area contributed by atoms with Crippen molar-refractivity contribution in [3.05, 3.63) is 24.3 Å². The van der Waals surface area contributed by atoms with Crippen molar-refractivity contribution in [2.45, 2.75) is 45.6 Å². The number of rotatable bonds is 4. The Labute approximate surface area is 136 Å². The van der Waals surface area contributed by atoms with Crippen LogP contribution >= 0.6 is 0 Å². The Morgan fingerprint density at radius 3 is 3.00 bits per heavy atom. The number of amides is 2. The number of fused-ring (bicyclic) bond motifs is 2. The van der Waals surface area contributed by atoms with Gasteiger partial charge in [-0.3, -0.25) is 14.6 Å². The average Bonchev–Trinajstić information content (AvgIpc) is 2.97. The Morgan fingerprint density at radius 1 is 1.43 bits per heavy atom. The number of nitrogens with one attached hydrogen (secondary N) is 1. The smallest absolute Gasteiger partial charge is 0.240 e. The van der Waals surface area contributed by atoms with Gasteiger partial charge < -0.3 is 10.2 Å². The van der Waals surface area contributed by atoms with Gasteiger partial charge in [-0.05, 0) is 44.7 Å². The number of benzene rings is 1. The molecule has 0 saturated heterocycles. The standard InChI is InChI=1S/C18H23N3O2/c1-3-12(2)19-17(22)11-21-16-10-5-4-8-15(16)20-14-9-6-7-13(14)18(21)23/h4-5,8,10,12-13H,3,6-7,9,11H2,1-2H3,(H,19,22). The second kappa shape index (κ2) is 6.52. The maximum Gasteiger partial charge on any atom is 0.240 e. The molecule has 2 atom stereocenters. The van der Waals surface area contributed by atoms with Crippen LogP contribution in [0.5, 0.6) is 0 Å². The van der Waals surface area contributed by atoms with Gasteiger partial charge in [0, 0.05) is 11.8 Å². The molecule has 1 aliphatic carbocycles. The Morgan fingerprint density at radius 2 is 2.22 bits per heavy atom. The minimum atomic E-state index is -0.168. The van der Waals surface area contributed by atoms with Crippen LogP contribution in [0.25, 0.3) is 0 Å².